The lowest BCUT2D eigenvalue weighted by molar-refractivity contribution is -0.139. The van der Waals surface area contributed by atoms with Crippen molar-refractivity contribution in [2.75, 3.05) is 10.8 Å². The second kappa shape index (κ2) is 13.3. The van der Waals surface area contributed by atoms with Crippen LogP contribution in [0.4, 0.5) is 10.1 Å². The predicted molar refractivity (Wildman–Crippen MR) is 156 cm³/mol. The topological polar surface area (TPSA) is 86.8 Å². The molecule has 0 spiro atoms. The van der Waals surface area contributed by atoms with Crippen LogP contribution in [-0.4, -0.2) is 43.8 Å². The van der Waals surface area contributed by atoms with Crippen LogP contribution in [0.1, 0.15) is 43.9 Å². The number of halogens is 2. The Bertz CT molecular complexity index is 1460. The molecule has 0 heterocycles. The number of carbonyl (C=O) groups is 2. The molecule has 0 aliphatic rings. The van der Waals surface area contributed by atoms with Crippen LogP contribution in [0, 0.1) is 19.7 Å². The largest absolute Gasteiger partial charge is 0.352 e. The Kier molecular flexibility index (Phi) is 10.3. The molecule has 1 N–H and O–H groups in total. The summed E-state index contributed by atoms with van der Waals surface area (Å²) in [6, 6.07) is 15.9. The molecular formula is C30H35ClFN3O4S. The first kappa shape index (κ1) is 31.1. The van der Waals surface area contributed by atoms with E-state index >= 15 is 0 Å². The molecule has 2 atom stereocenters. The van der Waals surface area contributed by atoms with Gasteiger partial charge in [0.15, 0.2) is 0 Å². The maximum Gasteiger partial charge on any atom is 0.264 e. The fraction of sp³-hybridized carbons (Fsp3) is 0.333. The van der Waals surface area contributed by atoms with Crippen molar-refractivity contribution in [2.45, 2.75) is 64.6 Å². The third-order valence-electron chi connectivity index (χ3n) is 6.79. The number of hydrogen-bond acceptors (Lipinski definition) is 4. The Hall–Kier alpha value is -3.43. The van der Waals surface area contributed by atoms with Gasteiger partial charge in [0.05, 0.1) is 10.6 Å². The summed E-state index contributed by atoms with van der Waals surface area (Å²) in [5.41, 5.74) is 1.88. The van der Waals surface area contributed by atoms with Gasteiger partial charge in [0.1, 0.15) is 18.4 Å². The lowest BCUT2D eigenvalue weighted by atomic mass is 10.1. The molecule has 3 rings (SSSR count). The van der Waals surface area contributed by atoms with E-state index in [1.54, 1.807) is 44.2 Å². The van der Waals surface area contributed by atoms with Gasteiger partial charge >= 0.3 is 0 Å². The number of nitrogens with one attached hydrogen (secondary N) is 1. The van der Waals surface area contributed by atoms with E-state index in [1.165, 1.54) is 41.3 Å². The average molecular weight is 588 g/mol. The molecule has 7 nitrogen and oxygen atoms in total. The fourth-order valence-electron chi connectivity index (χ4n) is 4.06. The molecule has 0 fully saturated rings. The molecular weight excluding hydrogens is 553 g/mol. The number of carbonyl (C=O) groups excluding carboxylic acids is 2. The van der Waals surface area contributed by atoms with Gasteiger partial charge < -0.3 is 10.2 Å². The first-order valence-corrected chi connectivity index (χ1v) is 14.9. The lowest BCUT2D eigenvalue weighted by Crippen LogP contribution is -2.52. The van der Waals surface area contributed by atoms with Crippen LogP contribution in [0.25, 0.3) is 0 Å². The van der Waals surface area contributed by atoms with Crippen molar-refractivity contribution in [3.8, 4) is 0 Å². The molecule has 2 amide bonds. The van der Waals surface area contributed by atoms with E-state index in [0.717, 1.165) is 9.87 Å². The Morgan fingerprint density at radius 1 is 1.00 bits per heavy atom. The summed E-state index contributed by atoms with van der Waals surface area (Å²) in [6.07, 6.45) is 0.677. The Labute approximate surface area is 241 Å². The average Bonchev–Trinajstić information content (AvgIpc) is 2.92. The Morgan fingerprint density at radius 2 is 1.65 bits per heavy atom. The summed E-state index contributed by atoms with van der Waals surface area (Å²) in [5, 5.41) is 3.15. The van der Waals surface area contributed by atoms with Crippen molar-refractivity contribution in [2.24, 2.45) is 0 Å². The standard InChI is InChI=1S/C30H35ClFN3O4S/c1-6-22(4)33-30(37)23(5)34(18-24-9-7-8-10-27(24)32)29(36)19-35(28-17-25(31)14-13-21(28)3)40(38,39)26-15-11-20(2)12-16-26/h7-17,22-23H,6,18-19H2,1-5H3,(H,33,37)/t22-,23-/m0/s1. The maximum absolute atomic E-state index is 14.7. The SMILES string of the molecule is CC[C@H](C)NC(=O)[C@H](C)N(Cc1ccccc1F)C(=O)CN(c1cc(Cl)ccc1C)S(=O)(=O)c1ccc(C)cc1. The van der Waals surface area contributed by atoms with Crippen LogP contribution in [0.5, 0.6) is 0 Å². The summed E-state index contributed by atoms with van der Waals surface area (Å²) in [7, 11) is -4.24. The van der Waals surface area contributed by atoms with E-state index in [-0.39, 0.29) is 28.7 Å². The zero-order valence-electron chi connectivity index (χ0n) is 23.3. The van der Waals surface area contributed by atoms with Gasteiger partial charge in [0, 0.05) is 23.2 Å². The Morgan fingerprint density at radius 3 is 2.27 bits per heavy atom. The van der Waals surface area contributed by atoms with Crippen LogP contribution >= 0.6 is 11.6 Å². The molecule has 0 saturated heterocycles. The normalized spacial score (nSPS) is 12.9. The minimum atomic E-state index is -4.24. The van der Waals surface area contributed by atoms with Gasteiger partial charge in [0.2, 0.25) is 11.8 Å². The number of amides is 2. The monoisotopic (exact) mass is 587 g/mol. The molecule has 0 aliphatic carbocycles. The quantitative estimate of drug-likeness (QED) is 0.315. The molecule has 214 valence electrons. The maximum atomic E-state index is 14.7. The third-order valence-corrected chi connectivity index (χ3v) is 8.80. The van der Waals surface area contributed by atoms with E-state index in [2.05, 4.69) is 5.32 Å². The van der Waals surface area contributed by atoms with Crippen molar-refractivity contribution >= 4 is 39.1 Å². The zero-order valence-corrected chi connectivity index (χ0v) is 24.9. The molecule has 0 unspecified atom stereocenters. The minimum Gasteiger partial charge on any atom is -0.352 e. The fourth-order valence-corrected chi connectivity index (χ4v) is 5.70. The number of benzene rings is 3. The molecule has 0 aliphatic heterocycles. The van der Waals surface area contributed by atoms with E-state index in [4.69, 9.17) is 11.6 Å². The number of anilines is 1. The summed E-state index contributed by atoms with van der Waals surface area (Å²) in [4.78, 5) is 28.2. The van der Waals surface area contributed by atoms with Gasteiger partial charge in [-0.2, -0.15) is 0 Å². The van der Waals surface area contributed by atoms with E-state index in [0.29, 0.717) is 17.0 Å². The molecule has 10 heteroatoms. The highest BCUT2D eigenvalue weighted by Gasteiger charge is 2.33. The molecule has 40 heavy (non-hydrogen) atoms. The van der Waals surface area contributed by atoms with Gasteiger partial charge in [-0.1, -0.05) is 60.5 Å². The first-order chi connectivity index (χ1) is 18.8. The van der Waals surface area contributed by atoms with Crippen LogP contribution in [0.15, 0.2) is 71.6 Å². The van der Waals surface area contributed by atoms with Crippen molar-refractivity contribution in [3.63, 3.8) is 0 Å². The summed E-state index contributed by atoms with van der Waals surface area (Å²) >= 11 is 6.24. The number of hydrogen-bond donors (Lipinski definition) is 1. The van der Waals surface area contributed by atoms with Gasteiger partial charge in [-0.15, -0.1) is 0 Å². The molecule has 0 saturated carbocycles. The first-order valence-electron chi connectivity index (χ1n) is 13.0. The Balaban J connectivity index is 2.08. The smallest absolute Gasteiger partial charge is 0.264 e. The van der Waals surface area contributed by atoms with Crippen molar-refractivity contribution in [1.29, 1.82) is 0 Å². The molecule has 3 aromatic carbocycles. The number of aryl methyl sites for hydroxylation is 2. The minimum absolute atomic E-state index is 0.00603. The van der Waals surface area contributed by atoms with E-state index in [9.17, 15) is 22.4 Å². The van der Waals surface area contributed by atoms with Gasteiger partial charge in [-0.3, -0.25) is 13.9 Å². The number of rotatable bonds is 11. The lowest BCUT2D eigenvalue weighted by Gasteiger charge is -2.33. The molecule has 0 radical (unpaired) electrons. The van der Waals surface area contributed by atoms with E-state index in [1.807, 2.05) is 20.8 Å². The second-order valence-electron chi connectivity index (χ2n) is 9.86. The third kappa shape index (κ3) is 7.40. The van der Waals surface area contributed by atoms with Gasteiger partial charge in [0.25, 0.3) is 10.0 Å². The van der Waals surface area contributed by atoms with Crippen LogP contribution in [0.3, 0.4) is 0 Å². The molecule has 0 aromatic heterocycles. The molecule has 0 bridgehead atoms. The second-order valence-corrected chi connectivity index (χ2v) is 12.2. The highest BCUT2D eigenvalue weighted by atomic mass is 35.5. The summed E-state index contributed by atoms with van der Waals surface area (Å²) in [6.45, 7) is 7.99. The van der Waals surface area contributed by atoms with E-state index < -0.39 is 40.2 Å². The van der Waals surface area contributed by atoms with Crippen molar-refractivity contribution in [1.82, 2.24) is 10.2 Å². The van der Waals surface area contributed by atoms with Crippen LogP contribution in [0.2, 0.25) is 5.02 Å². The number of sulfonamides is 1. The van der Waals surface area contributed by atoms with Gasteiger partial charge in [-0.05, 0) is 70.0 Å². The van der Waals surface area contributed by atoms with Crippen molar-refractivity contribution < 1.29 is 22.4 Å². The molecule has 3 aromatic rings. The highest BCUT2D eigenvalue weighted by Crippen LogP contribution is 2.30. The summed E-state index contributed by atoms with van der Waals surface area (Å²) < 4.78 is 43.5. The van der Waals surface area contributed by atoms with Gasteiger partial charge in [-0.25, -0.2) is 12.8 Å². The van der Waals surface area contributed by atoms with Crippen molar-refractivity contribution in [3.05, 3.63) is 94.3 Å². The van der Waals surface area contributed by atoms with Crippen LogP contribution < -0.4 is 9.62 Å². The summed E-state index contributed by atoms with van der Waals surface area (Å²) in [5.74, 6) is -1.64. The van der Waals surface area contributed by atoms with Crippen LogP contribution in [-0.2, 0) is 26.2 Å². The highest BCUT2D eigenvalue weighted by molar-refractivity contribution is 7.92. The zero-order chi connectivity index (χ0) is 29.6. The predicted octanol–water partition coefficient (Wildman–Crippen LogP) is 5.62. The number of nitrogens with zero attached hydrogens (tertiary/aromatic N) is 2.